The van der Waals surface area contributed by atoms with E-state index in [1.807, 2.05) is 60.9 Å². The van der Waals surface area contributed by atoms with Crippen molar-refractivity contribution < 1.29 is 14.3 Å². The Morgan fingerprint density at radius 3 is 2.38 bits per heavy atom. The highest BCUT2D eigenvalue weighted by molar-refractivity contribution is 7.98. The maximum absolute atomic E-state index is 12.6. The first-order valence-corrected chi connectivity index (χ1v) is 11.2. The maximum Gasteiger partial charge on any atom is 0.220 e. The first-order valence-electron chi connectivity index (χ1n) is 9.97. The number of rotatable bonds is 9. The zero-order chi connectivity index (χ0) is 20.5. The molecular formula is C23H28N2O3S. The van der Waals surface area contributed by atoms with Crippen LogP contribution >= 0.6 is 11.8 Å². The van der Waals surface area contributed by atoms with Crippen molar-refractivity contribution >= 4 is 23.5 Å². The fourth-order valence-corrected chi connectivity index (χ4v) is 3.78. The Morgan fingerprint density at radius 1 is 1.03 bits per heavy atom. The van der Waals surface area contributed by atoms with Crippen molar-refractivity contribution in [1.82, 2.24) is 10.2 Å². The number of ether oxygens (including phenoxy) is 1. The molecule has 154 valence electrons. The fraction of sp³-hybridized carbons (Fsp3) is 0.391. The van der Waals surface area contributed by atoms with Crippen LogP contribution < -0.4 is 5.32 Å². The quantitative estimate of drug-likeness (QED) is 0.504. The molecule has 1 atom stereocenters. The van der Waals surface area contributed by atoms with Gasteiger partial charge in [-0.25, -0.2) is 0 Å². The number of amides is 1. The summed E-state index contributed by atoms with van der Waals surface area (Å²) >= 11 is 1.64. The second-order valence-corrected chi connectivity index (χ2v) is 7.98. The van der Waals surface area contributed by atoms with Gasteiger partial charge in [-0.2, -0.15) is 0 Å². The summed E-state index contributed by atoms with van der Waals surface area (Å²) < 4.78 is 5.42. The van der Waals surface area contributed by atoms with Crippen molar-refractivity contribution in [3.05, 3.63) is 65.7 Å². The van der Waals surface area contributed by atoms with Gasteiger partial charge in [-0.3, -0.25) is 14.5 Å². The van der Waals surface area contributed by atoms with Crippen molar-refractivity contribution in [3.8, 4) is 0 Å². The second-order valence-electron chi connectivity index (χ2n) is 7.10. The van der Waals surface area contributed by atoms with Gasteiger partial charge >= 0.3 is 0 Å². The normalized spacial score (nSPS) is 15.6. The Balaban J connectivity index is 1.56. The number of carbonyl (C=O) groups excluding carboxylic acids is 2. The van der Waals surface area contributed by atoms with Crippen LogP contribution in [0, 0.1) is 0 Å². The molecule has 0 radical (unpaired) electrons. The lowest BCUT2D eigenvalue weighted by molar-refractivity contribution is -0.122. The fourth-order valence-electron chi connectivity index (χ4n) is 3.38. The minimum atomic E-state index is -0.0993. The van der Waals surface area contributed by atoms with Crippen LogP contribution in [-0.4, -0.2) is 55.7 Å². The van der Waals surface area contributed by atoms with Crippen LogP contribution in [0.25, 0.3) is 0 Å². The van der Waals surface area contributed by atoms with E-state index in [0.717, 1.165) is 43.3 Å². The van der Waals surface area contributed by atoms with Crippen LogP contribution in [0.3, 0.4) is 0 Å². The molecule has 1 aliphatic heterocycles. The first-order chi connectivity index (χ1) is 14.2. The molecule has 5 nitrogen and oxygen atoms in total. The summed E-state index contributed by atoms with van der Waals surface area (Å²) in [5.74, 6) is -0.0987. The number of nitrogens with one attached hydrogen (secondary N) is 1. The number of hydrogen-bond acceptors (Lipinski definition) is 5. The average molecular weight is 413 g/mol. The summed E-state index contributed by atoms with van der Waals surface area (Å²) in [5.41, 5.74) is 1.73. The Bertz CT molecular complexity index is 790. The van der Waals surface area contributed by atoms with Gasteiger partial charge in [0.25, 0.3) is 0 Å². The molecule has 1 amide bonds. The summed E-state index contributed by atoms with van der Waals surface area (Å²) in [6.45, 7) is 3.91. The summed E-state index contributed by atoms with van der Waals surface area (Å²) in [7, 11) is 0. The Labute approximate surface area is 176 Å². The van der Waals surface area contributed by atoms with Crippen molar-refractivity contribution in [2.75, 3.05) is 39.1 Å². The van der Waals surface area contributed by atoms with Crippen LogP contribution in [0.2, 0.25) is 0 Å². The highest BCUT2D eigenvalue weighted by atomic mass is 32.2. The van der Waals surface area contributed by atoms with Gasteiger partial charge in [0.05, 0.1) is 19.3 Å². The topological polar surface area (TPSA) is 58.6 Å². The third-order valence-corrected chi connectivity index (χ3v) is 5.82. The molecule has 2 aromatic rings. The number of Topliss-reactive ketones (excluding diaryl/α,β-unsaturated/α-hetero) is 1. The molecule has 0 saturated carbocycles. The molecule has 0 aliphatic carbocycles. The Morgan fingerprint density at radius 2 is 1.72 bits per heavy atom. The largest absolute Gasteiger partial charge is 0.379 e. The molecule has 2 aromatic carbocycles. The van der Waals surface area contributed by atoms with Gasteiger partial charge in [0, 0.05) is 42.9 Å². The van der Waals surface area contributed by atoms with E-state index >= 15 is 0 Å². The molecule has 3 rings (SSSR count). The number of morpholine rings is 1. The number of benzene rings is 2. The molecule has 0 unspecified atom stereocenters. The van der Waals surface area contributed by atoms with Crippen molar-refractivity contribution in [3.63, 3.8) is 0 Å². The Kier molecular flexibility index (Phi) is 8.28. The molecule has 1 saturated heterocycles. The summed E-state index contributed by atoms with van der Waals surface area (Å²) in [6.07, 6.45) is 2.40. The molecule has 0 bridgehead atoms. The van der Waals surface area contributed by atoms with E-state index in [-0.39, 0.29) is 30.6 Å². The number of hydrogen-bond donors (Lipinski definition) is 1. The zero-order valence-electron chi connectivity index (χ0n) is 16.8. The highest BCUT2D eigenvalue weighted by Crippen LogP contribution is 2.18. The van der Waals surface area contributed by atoms with Crippen molar-refractivity contribution in [2.24, 2.45) is 0 Å². The van der Waals surface area contributed by atoms with Gasteiger partial charge in [0.1, 0.15) is 0 Å². The van der Waals surface area contributed by atoms with E-state index in [0.29, 0.717) is 5.56 Å². The van der Waals surface area contributed by atoms with Gasteiger partial charge in [-0.15, -0.1) is 11.8 Å². The number of thioether (sulfide) groups is 1. The van der Waals surface area contributed by atoms with E-state index in [9.17, 15) is 9.59 Å². The lowest BCUT2D eigenvalue weighted by Crippen LogP contribution is -2.43. The monoisotopic (exact) mass is 412 g/mol. The van der Waals surface area contributed by atoms with Gasteiger partial charge in [-0.1, -0.05) is 42.5 Å². The molecule has 1 fully saturated rings. The standard InChI is InChI=1S/C23H28N2O3S/c1-29-20-9-7-19(8-10-20)22(26)11-12-23(27)24-21(18-5-3-2-4-6-18)17-25-13-15-28-16-14-25/h2-10,21H,11-17H2,1H3,(H,24,27)/t21-/m0/s1. The van der Waals surface area contributed by atoms with E-state index in [1.54, 1.807) is 11.8 Å². The third-order valence-electron chi connectivity index (χ3n) is 5.07. The second kappa shape index (κ2) is 11.1. The van der Waals surface area contributed by atoms with Gasteiger partial charge in [-0.05, 0) is 24.0 Å². The lowest BCUT2D eigenvalue weighted by atomic mass is 10.0. The predicted molar refractivity (Wildman–Crippen MR) is 116 cm³/mol. The molecule has 1 N–H and O–H groups in total. The zero-order valence-corrected chi connectivity index (χ0v) is 17.6. The molecule has 1 aliphatic rings. The van der Waals surface area contributed by atoms with Crippen LogP contribution in [-0.2, 0) is 9.53 Å². The minimum Gasteiger partial charge on any atom is -0.379 e. The SMILES string of the molecule is CSc1ccc(C(=O)CCC(=O)N[C@@H](CN2CCOCC2)c2ccccc2)cc1. The summed E-state index contributed by atoms with van der Waals surface area (Å²) in [4.78, 5) is 28.4. The first kappa shape index (κ1) is 21.6. The van der Waals surface area contributed by atoms with Gasteiger partial charge in [0.15, 0.2) is 5.78 Å². The van der Waals surface area contributed by atoms with Crippen LogP contribution in [0.15, 0.2) is 59.5 Å². The third kappa shape index (κ3) is 6.70. The number of carbonyl (C=O) groups is 2. The summed E-state index contributed by atoms with van der Waals surface area (Å²) in [5, 5.41) is 3.13. The van der Waals surface area contributed by atoms with Gasteiger partial charge < -0.3 is 10.1 Å². The highest BCUT2D eigenvalue weighted by Gasteiger charge is 2.20. The van der Waals surface area contributed by atoms with E-state index in [4.69, 9.17) is 4.74 Å². The molecule has 6 heteroatoms. The number of nitrogens with zero attached hydrogens (tertiary/aromatic N) is 1. The molecule has 1 heterocycles. The van der Waals surface area contributed by atoms with E-state index in [2.05, 4.69) is 10.2 Å². The van der Waals surface area contributed by atoms with Crippen LogP contribution in [0.5, 0.6) is 0 Å². The smallest absolute Gasteiger partial charge is 0.220 e. The molecular weight excluding hydrogens is 384 g/mol. The molecule has 29 heavy (non-hydrogen) atoms. The van der Waals surface area contributed by atoms with Crippen LogP contribution in [0.1, 0.15) is 34.8 Å². The predicted octanol–water partition coefficient (Wildman–Crippen LogP) is 3.56. The summed E-state index contributed by atoms with van der Waals surface area (Å²) in [6, 6.07) is 17.4. The lowest BCUT2D eigenvalue weighted by Gasteiger charge is -2.31. The van der Waals surface area contributed by atoms with E-state index in [1.165, 1.54) is 0 Å². The molecule has 0 aromatic heterocycles. The van der Waals surface area contributed by atoms with Crippen LogP contribution in [0.4, 0.5) is 0 Å². The maximum atomic E-state index is 12.6. The Hall–Kier alpha value is -2.15. The van der Waals surface area contributed by atoms with E-state index < -0.39 is 0 Å². The van der Waals surface area contributed by atoms with Crippen molar-refractivity contribution in [2.45, 2.75) is 23.8 Å². The molecule has 0 spiro atoms. The van der Waals surface area contributed by atoms with Crippen molar-refractivity contribution in [1.29, 1.82) is 0 Å². The minimum absolute atomic E-state index is 0.00255. The number of ketones is 1. The average Bonchev–Trinajstić information content (AvgIpc) is 2.78. The van der Waals surface area contributed by atoms with Gasteiger partial charge in [0.2, 0.25) is 5.91 Å².